The van der Waals surface area contributed by atoms with Crippen molar-refractivity contribution in [3.8, 4) is 0 Å². The predicted molar refractivity (Wildman–Crippen MR) is 66.8 cm³/mol. The van der Waals surface area contributed by atoms with Crippen molar-refractivity contribution in [2.45, 2.75) is 44.6 Å². The van der Waals surface area contributed by atoms with Crippen LogP contribution in [0.15, 0.2) is 0 Å². The molecular formula is C13H24N2O2. The second kappa shape index (κ2) is 6.97. The smallest absolute Gasteiger partial charge is 0.222 e. The van der Waals surface area contributed by atoms with Crippen LogP contribution in [0, 0.1) is 5.92 Å². The summed E-state index contributed by atoms with van der Waals surface area (Å²) in [6, 6.07) is 0.468. The molecule has 4 nitrogen and oxygen atoms in total. The second-order valence-corrected chi connectivity index (χ2v) is 5.21. The predicted octanol–water partition coefficient (Wildman–Crippen LogP) is 1.06. The molecule has 1 aliphatic heterocycles. The minimum absolute atomic E-state index is 0.145. The van der Waals surface area contributed by atoms with E-state index in [0.717, 1.165) is 38.3 Å². The van der Waals surface area contributed by atoms with Gasteiger partial charge in [0, 0.05) is 19.1 Å². The van der Waals surface area contributed by atoms with Gasteiger partial charge in [-0.15, -0.1) is 0 Å². The average Bonchev–Trinajstić information content (AvgIpc) is 3.14. The van der Waals surface area contributed by atoms with Gasteiger partial charge in [0.15, 0.2) is 0 Å². The Morgan fingerprint density at radius 2 is 2.18 bits per heavy atom. The number of carbonyl (C=O) groups is 1. The van der Waals surface area contributed by atoms with Gasteiger partial charge in [0.05, 0.1) is 6.61 Å². The number of nitrogens with one attached hydrogen (secondary N) is 2. The third-order valence-corrected chi connectivity index (χ3v) is 3.49. The first-order valence-corrected chi connectivity index (χ1v) is 6.92. The number of hydrogen-bond donors (Lipinski definition) is 2. The van der Waals surface area contributed by atoms with Crippen LogP contribution >= 0.6 is 0 Å². The average molecular weight is 240 g/mol. The van der Waals surface area contributed by atoms with E-state index in [1.807, 2.05) is 0 Å². The van der Waals surface area contributed by atoms with Crippen LogP contribution in [0.3, 0.4) is 0 Å². The zero-order valence-corrected chi connectivity index (χ0v) is 10.5. The van der Waals surface area contributed by atoms with Crippen LogP contribution in [0.25, 0.3) is 0 Å². The number of ether oxygens (including phenoxy) is 1. The number of carbonyl (C=O) groups excluding carboxylic acids is 1. The van der Waals surface area contributed by atoms with Crippen molar-refractivity contribution in [3.05, 3.63) is 0 Å². The summed E-state index contributed by atoms with van der Waals surface area (Å²) in [7, 11) is 0. The number of amides is 1. The molecule has 17 heavy (non-hydrogen) atoms. The lowest BCUT2D eigenvalue weighted by atomic mass is 9.97. The van der Waals surface area contributed by atoms with Gasteiger partial charge >= 0.3 is 0 Å². The molecule has 1 amide bonds. The molecule has 98 valence electrons. The van der Waals surface area contributed by atoms with Gasteiger partial charge in [0.1, 0.15) is 0 Å². The maximum absolute atomic E-state index is 11.4. The molecule has 1 saturated carbocycles. The lowest BCUT2D eigenvalue weighted by Gasteiger charge is -2.22. The van der Waals surface area contributed by atoms with Crippen LogP contribution in [0.1, 0.15) is 38.5 Å². The van der Waals surface area contributed by atoms with Crippen molar-refractivity contribution in [3.63, 3.8) is 0 Å². The molecule has 0 spiro atoms. The Labute approximate surface area is 103 Å². The third kappa shape index (κ3) is 5.50. The first kappa shape index (κ1) is 12.8. The van der Waals surface area contributed by atoms with Crippen molar-refractivity contribution in [1.29, 1.82) is 0 Å². The van der Waals surface area contributed by atoms with Crippen LogP contribution in [0.2, 0.25) is 0 Å². The molecule has 0 aromatic carbocycles. The number of piperidine rings is 1. The zero-order chi connectivity index (χ0) is 11.9. The van der Waals surface area contributed by atoms with E-state index in [1.165, 1.54) is 19.4 Å². The summed E-state index contributed by atoms with van der Waals surface area (Å²) in [5.41, 5.74) is 0. The maximum Gasteiger partial charge on any atom is 0.222 e. The largest absolute Gasteiger partial charge is 0.381 e. The van der Waals surface area contributed by atoms with Gasteiger partial charge in [0.25, 0.3) is 0 Å². The Balaban J connectivity index is 1.41. The molecule has 2 rings (SSSR count). The Kier molecular flexibility index (Phi) is 5.26. The van der Waals surface area contributed by atoms with Gasteiger partial charge in [-0.05, 0) is 51.1 Å². The topological polar surface area (TPSA) is 50.4 Å². The lowest BCUT2D eigenvalue weighted by molar-refractivity contribution is -0.122. The molecule has 1 atom stereocenters. The molecule has 1 saturated heterocycles. The molecule has 2 aliphatic rings. The summed E-state index contributed by atoms with van der Waals surface area (Å²) in [6.45, 7) is 3.66. The molecule has 1 unspecified atom stereocenters. The summed E-state index contributed by atoms with van der Waals surface area (Å²) in [5.74, 6) is 0.913. The summed E-state index contributed by atoms with van der Waals surface area (Å²) in [6.07, 6.45) is 6.55. The summed E-state index contributed by atoms with van der Waals surface area (Å²) in [4.78, 5) is 11.4. The number of hydrogen-bond acceptors (Lipinski definition) is 3. The molecule has 0 bridgehead atoms. The van der Waals surface area contributed by atoms with Gasteiger partial charge in [0.2, 0.25) is 5.91 Å². The first-order chi connectivity index (χ1) is 8.34. The summed E-state index contributed by atoms with van der Waals surface area (Å²) >= 11 is 0. The van der Waals surface area contributed by atoms with Gasteiger partial charge in [-0.25, -0.2) is 0 Å². The highest BCUT2D eigenvalue weighted by Gasteiger charge is 2.22. The third-order valence-electron chi connectivity index (χ3n) is 3.49. The molecule has 2 fully saturated rings. The van der Waals surface area contributed by atoms with Gasteiger partial charge < -0.3 is 15.4 Å². The Morgan fingerprint density at radius 3 is 2.88 bits per heavy atom. The van der Waals surface area contributed by atoms with Gasteiger partial charge in [-0.1, -0.05) is 0 Å². The van der Waals surface area contributed by atoms with Crippen molar-refractivity contribution in [2.75, 3.05) is 26.3 Å². The lowest BCUT2D eigenvalue weighted by Crippen LogP contribution is -2.30. The van der Waals surface area contributed by atoms with Gasteiger partial charge in [-0.2, -0.15) is 0 Å². The van der Waals surface area contributed by atoms with Crippen molar-refractivity contribution in [2.24, 2.45) is 5.92 Å². The minimum Gasteiger partial charge on any atom is -0.381 e. The first-order valence-electron chi connectivity index (χ1n) is 6.92. The van der Waals surface area contributed by atoms with E-state index in [1.54, 1.807) is 0 Å². The highest BCUT2D eigenvalue weighted by atomic mass is 16.5. The fourth-order valence-corrected chi connectivity index (χ4v) is 2.21. The van der Waals surface area contributed by atoms with Crippen LogP contribution < -0.4 is 10.6 Å². The molecule has 0 aromatic rings. The fourth-order valence-electron chi connectivity index (χ4n) is 2.21. The van der Waals surface area contributed by atoms with E-state index in [2.05, 4.69) is 10.6 Å². The van der Waals surface area contributed by atoms with Crippen molar-refractivity contribution >= 4 is 5.91 Å². The van der Waals surface area contributed by atoms with Gasteiger partial charge in [-0.3, -0.25) is 4.79 Å². The van der Waals surface area contributed by atoms with E-state index >= 15 is 0 Å². The van der Waals surface area contributed by atoms with Crippen LogP contribution in [-0.4, -0.2) is 38.3 Å². The number of rotatable bonds is 7. The Bertz CT molecular complexity index is 236. The molecule has 4 heteroatoms. The van der Waals surface area contributed by atoms with E-state index in [0.29, 0.717) is 19.1 Å². The van der Waals surface area contributed by atoms with Crippen molar-refractivity contribution in [1.82, 2.24) is 10.6 Å². The normalized spacial score (nSPS) is 24.6. The summed E-state index contributed by atoms with van der Waals surface area (Å²) < 4.78 is 5.52. The van der Waals surface area contributed by atoms with E-state index < -0.39 is 0 Å². The van der Waals surface area contributed by atoms with E-state index in [9.17, 15) is 4.79 Å². The quantitative estimate of drug-likeness (QED) is 0.654. The standard InChI is InChI=1S/C13H24N2O2/c16-13(15-12-3-4-12)6-9-17-8-5-11-2-1-7-14-10-11/h11-12,14H,1-10H2,(H,15,16). The molecule has 0 aromatic heterocycles. The summed E-state index contributed by atoms with van der Waals surface area (Å²) in [5, 5.41) is 6.37. The highest BCUT2D eigenvalue weighted by Crippen LogP contribution is 2.18. The highest BCUT2D eigenvalue weighted by molar-refractivity contribution is 5.76. The minimum atomic E-state index is 0.145. The Hall–Kier alpha value is -0.610. The van der Waals surface area contributed by atoms with Crippen LogP contribution in [-0.2, 0) is 9.53 Å². The Morgan fingerprint density at radius 1 is 1.29 bits per heavy atom. The van der Waals surface area contributed by atoms with Crippen LogP contribution in [0.5, 0.6) is 0 Å². The SMILES string of the molecule is O=C(CCOCCC1CCCNC1)NC1CC1. The molecular weight excluding hydrogens is 216 g/mol. The van der Waals surface area contributed by atoms with E-state index in [-0.39, 0.29) is 5.91 Å². The molecule has 1 aliphatic carbocycles. The van der Waals surface area contributed by atoms with Crippen LogP contribution in [0.4, 0.5) is 0 Å². The van der Waals surface area contributed by atoms with Crippen molar-refractivity contribution < 1.29 is 9.53 Å². The monoisotopic (exact) mass is 240 g/mol. The molecule has 0 radical (unpaired) electrons. The molecule has 1 heterocycles. The fraction of sp³-hybridized carbons (Fsp3) is 0.923. The zero-order valence-electron chi connectivity index (χ0n) is 10.5. The van der Waals surface area contributed by atoms with E-state index in [4.69, 9.17) is 4.74 Å². The molecule has 2 N–H and O–H groups in total. The maximum atomic E-state index is 11.4. The second-order valence-electron chi connectivity index (χ2n) is 5.21.